The van der Waals surface area contributed by atoms with Gasteiger partial charge in [0.2, 0.25) is 0 Å². The zero-order valence-corrected chi connectivity index (χ0v) is 16.1. The molecular weight excluding hydrogens is 411 g/mol. The van der Waals surface area contributed by atoms with Gasteiger partial charge >= 0.3 is 6.18 Å². The highest BCUT2D eigenvalue weighted by atomic mass is 35.5. The fraction of sp³-hybridized carbons (Fsp3) is 0.389. The van der Waals surface area contributed by atoms with Crippen LogP contribution >= 0.6 is 11.6 Å². The van der Waals surface area contributed by atoms with E-state index in [1.54, 1.807) is 4.90 Å². The van der Waals surface area contributed by atoms with Gasteiger partial charge in [-0.05, 0) is 18.2 Å². The Labute approximate surface area is 170 Å². The maximum absolute atomic E-state index is 13.0. The number of morpholine rings is 1. The van der Waals surface area contributed by atoms with Crippen LogP contribution in [0.15, 0.2) is 30.6 Å². The van der Waals surface area contributed by atoms with Gasteiger partial charge < -0.3 is 20.3 Å². The molecular formula is C18H19ClF3N5O2. The highest BCUT2D eigenvalue weighted by Gasteiger charge is 2.33. The predicted octanol–water partition coefficient (Wildman–Crippen LogP) is 3.15. The van der Waals surface area contributed by atoms with Crippen molar-refractivity contribution in [3.05, 3.63) is 46.7 Å². The van der Waals surface area contributed by atoms with Crippen molar-refractivity contribution in [2.75, 3.05) is 50.0 Å². The van der Waals surface area contributed by atoms with E-state index in [9.17, 15) is 18.0 Å². The van der Waals surface area contributed by atoms with E-state index in [0.29, 0.717) is 37.7 Å². The van der Waals surface area contributed by atoms with Gasteiger partial charge in [0, 0.05) is 38.6 Å². The number of ether oxygens (including phenoxy) is 1. The largest absolute Gasteiger partial charge is 0.419 e. The van der Waals surface area contributed by atoms with Crippen LogP contribution in [0.25, 0.3) is 0 Å². The summed E-state index contributed by atoms with van der Waals surface area (Å²) in [6, 6.07) is 3.71. The molecule has 1 fully saturated rings. The summed E-state index contributed by atoms with van der Waals surface area (Å²) in [6.07, 6.45) is -1.79. The second-order valence-corrected chi connectivity index (χ2v) is 6.62. The molecule has 1 saturated heterocycles. The Bertz CT molecular complexity index is 860. The molecule has 1 aliphatic rings. The molecule has 0 atom stereocenters. The summed E-state index contributed by atoms with van der Waals surface area (Å²) in [7, 11) is 0. The number of nitrogens with zero attached hydrogens (tertiary/aromatic N) is 3. The van der Waals surface area contributed by atoms with Crippen molar-refractivity contribution in [2.24, 2.45) is 0 Å². The number of carbonyl (C=O) groups excluding carboxylic acids is 1. The number of hydrogen-bond acceptors (Lipinski definition) is 6. The number of anilines is 2. The summed E-state index contributed by atoms with van der Waals surface area (Å²) in [5.74, 6) is -0.0814. The van der Waals surface area contributed by atoms with Crippen LogP contribution in [0.5, 0.6) is 0 Å². The summed E-state index contributed by atoms with van der Waals surface area (Å²) in [6.45, 7) is 2.41. The molecule has 29 heavy (non-hydrogen) atoms. The standard InChI is InChI=1S/C18H19ClF3N5O2/c19-14-10-12(17(28)27-6-8-29-9-7-27)11-26-16(14)25-5-4-24-15-13(18(20,21)22)2-1-3-23-15/h1-3,10-11H,4-9H2,(H,23,24)(H,25,26). The second kappa shape index (κ2) is 9.27. The molecule has 2 aromatic heterocycles. The Balaban J connectivity index is 1.55. The molecule has 0 aliphatic carbocycles. The molecule has 0 saturated carbocycles. The van der Waals surface area contributed by atoms with Crippen molar-refractivity contribution < 1.29 is 22.7 Å². The van der Waals surface area contributed by atoms with Gasteiger partial charge in [-0.3, -0.25) is 4.79 Å². The average molecular weight is 430 g/mol. The van der Waals surface area contributed by atoms with Gasteiger partial charge in [-0.15, -0.1) is 0 Å². The van der Waals surface area contributed by atoms with Crippen LogP contribution in [0.3, 0.4) is 0 Å². The number of aromatic nitrogens is 2. The smallest absolute Gasteiger partial charge is 0.378 e. The number of pyridine rings is 2. The number of hydrogen-bond donors (Lipinski definition) is 2. The fourth-order valence-electron chi connectivity index (χ4n) is 2.77. The summed E-state index contributed by atoms with van der Waals surface area (Å²) < 4.78 is 44.1. The van der Waals surface area contributed by atoms with Crippen molar-refractivity contribution >= 4 is 29.1 Å². The average Bonchev–Trinajstić information content (AvgIpc) is 2.72. The third kappa shape index (κ3) is 5.48. The Morgan fingerprint density at radius 1 is 1.17 bits per heavy atom. The Hall–Kier alpha value is -2.59. The minimum atomic E-state index is -4.49. The third-order valence-corrected chi connectivity index (χ3v) is 4.50. The van der Waals surface area contributed by atoms with E-state index in [2.05, 4.69) is 20.6 Å². The van der Waals surface area contributed by atoms with E-state index in [-0.39, 0.29) is 29.8 Å². The maximum atomic E-state index is 13.0. The minimum Gasteiger partial charge on any atom is -0.378 e. The van der Waals surface area contributed by atoms with Crippen LogP contribution in [0, 0.1) is 0 Å². The van der Waals surface area contributed by atoms with E-state index >= 15 is 0 Å². The van der Waals surface area contributed by atoms with E-state index in [1.807, 2.05) is 0 Å². The van der Waals surface area contributed by atoms with Crippen molar-refractivity contribution in [3.63, 3.8) is 0 Å². The van der Waals surface area contributed by atoms with Gasteiger partial charge in [-0.2, -0.15) is 13.2 Å². The molecule has 1 aliphatic heterocycles. The van der Waals surface area contributed by atoms with Gasteiger partial charge in [0.05, 0.1) is 29.4 Å². The van der Waals surface area contributed by atoms with Crippen LogP contribution in [-0.4, -0.2) is 60.2 Å². The normalized spacial score (nSPS) is 14.6. The second-order valence-electron chi connectivity index (χ2n) is 6.21. The summed E-state index contributed by atoms with van der Waals surface area (Å²) >= 11 is 6.19. The summed E-state index contributed by atoms with van der Waals surface area (Å²) in [4.78, 5) is 22.0. The first kappa shape index (κ1) is 21.1. The lowest BCUT2D eigenvalue weighted by Gasteiger charge is -2.26. The molecule has 7 nitrogen and oxygen atoms in total. The zero-order chi connectivity index (χ0) is 20.9. The van der Waals surface area contributed by atoms with E-state index in [0.717, 1.165) is 6.07 Å². The highest BCUT2D eigenvalue weighted by molar-refractivity contribution is 6.33. The molecule has 156 valence electrons. The van der Waals surface area contributed by atoms with Crippen molar-refractivity contribution in [3.8, 4) is 0 Å². The Morgan fingerprint density at radius 3 is 2.52 bits per heavy atom. The molecule has 2 aromatic rings. The number of rotatable bonds is 6. The molecule has 1 amide bonds. The van der Waals surface area contributed by atoms with Gasteiger partial charge in [0.15, 0.2) is 0 Å². The number of carbonyl (C=O) groups is 1. The first-order chi connectivity index (χ1) is 13.9. The first-order valence-corrected chi connectivity index (χ1v) is 9.26. The van der Waals surface area contributed by atoms with Crippen LogP contribution < -0.4 is 10.6 Å². The molecule has 11 heteroatoms. The third-order valence-electron chi connectivity index (χ3n) is 4.21. The molecule has 0 spiro atoms. The molecule has 0 unspecified atom stereocenters. The minimum absolute atomic E-state index is 0.159. The van der Waals surface area contributed by atoms with Crippen LogP contribution in [-0.2, 0) is 10.9 Å². The molecule has 0 radical (unpaired) electrons. The van der Waals surface area contributed by atoms with Crippen molar-refractivity contribution in [1.82, 2.24) is 14.9 Å². The Kier molecular flexibility index (Phi) is 6.75. The number of nitrogens with one attached hydrogen (secondary N) is 2. The molecule has 2 N–H and O–H groups in total. The Morgan fingerprint density at radius 2 is 1.86 bits per heavy atom. The molecule has 3 heterocycles. The lowest BCUT2D eigenvalue weighted by molar-refractivity contribution is -0.137. The summed E-state index contributed by atoms with van der Waals surface area (Å²) in [5.41, 5.74) is -0.467. The maximum Gasteiger partial charge on any atom is 0.419 e. The quantitative estimate of drug-likeness (QED) is 0.687. The van der Waals surface area contributed by atoms with Crippen molar-refractivity contribution in [2.45, 2.75) is 6.18 Å². The van der Waals surface area contributed by atoms with Gasteiger partial charge in [-0.1, -0.05) is 11.6 Å². The van der Waals surface area contributed by atoms with Crippen LogP contribution in [0.4, 0.5) is 24.8 Å². The molecule has 0 aromatic carbocycles. The summed E-state index contributed by atoms with van der Waals surface area (Å²) in [5, 5.41) is 5.82. The lowest BCUT2D eigenvalue weighted by atomic mass is 10.2. The molecule has 0 bridgehead atoms. The van der Waals surface area contributed by atoms with Gasteiger partial charge in [-0.25, -0.2) is 9.97 Å². The van der Waals surface area contributed by atoms with Crippen molar-refractivity contribution in [1.29, 1.82) is 0 Å². The van der Waals surface area contributed by atoms with Crippen LogP contribution in [0.1, 0.15) is 15.9 Å². The van der Waals surface area contributed by atoms with E-state index in [4.69, 9.17) is 16.3 Å². The SMILES string of the molecule is O=C(c1cnc(NCCNc2ncccc2C(F)(F)F)c(Cl)c1)N1CCOCC1. The monoisotopic (exact) mass is 429 g/mol. The van der Waals surface area contributed by atoms with E-state index < -0.39 is 11.7 Å². The zero-order valence-electron chi connectivity index (χ0n) is 15.3. The predicted molar refractivity (Wildman–Crippen MR) is 102 cm³/mol. The lowest BCUT2D eigenvalue weighted by Crippen LogP contribution is -2.40. The number of alkyl halides is 3. The van der Waals surface area contributed by atoms with E-state index in [1.165, 1.54) is 24.5 Å². The molecule has 3 rings (SSSR count). The highest BCUT2D eigenvalue weighted by Crippen LogP contribution is 2.33. The first-order valence-electron chi connectivity index (χ1n) is 8.89. The number of halogens is 4. The fourth-order valence-corrected chi connectivity index (χ4v) is 3.00. The number of amides is 1. The topological polar surface area (TPSA) is 79.4 Å². The van der Waals surface area contributed by atoms with Crippen LogP contribution in [0.2, 0.25) is 5.02 Å². The van der Waals surface area contributed by atoms with Gasteiger partial charge in [0.1, 0.15) is 11.6 Å². The van der Waals surface area contributed by atoms with Gasteiger partial charge in [0.25, 0.3) is 5.91 Å².